The van der Waals surface area contributed by atoms with Gasteiger partial charge in [-0.1, -0.05) is 70.5 Å². The number of ether oxygens (including phenoxy) is 2. The summed E-state index contributed by atoms with van der Waals surface area (Å²) in [6, 6.07) is 9.90. The average Bonchev–Trinajstić information content (AvgIpc) is 2.94. The number of benzene rings is 1. The number of rotatable bonds is 5. The van der Waals surface area contributed by atoms with Gasteiger partial charge in [0, 0.05) is 5.92 Å². The number of esters is 2. The molecule has 44 heavy (non-hydrogen) atoms. The fourth-order valence-corrected chi connectivity index (χ4v) is 11.6. The van der Waals surface area contributed by atoms with Crippen LogP contribution in [0.1, 0.15) is 112 Å². The van der Waals surface area contributed by atoms with Crippen LogP contribution in [0.25, 0.3) is 0 Å². The second-order valence-electron chi connectivity index (χ2n) is 16.8. The summed E-state index contributed by atoms with van der Waals surface area (Å²) in [5, 5.41) is 0. The monoisotopic (exact) mass is 602 g/mol. The molecule has 0 radical (unpaired) electrons. The number of ketones is 1. The van der Waals surface area contributed by atoms with Gasteiger partial charge >= 0.3 is 11.9 Å². The molecule has 0 spiro atoms. The van der Waals surface area contributed by atoms with Crippen LogP contribution in [0.5, 0.6) is 0 Å². The maximum absolute atomic E-state index is 14.5. The molecule has 4 fully saturated rings. The van der Waals surface area contributed by atoms with Gasteiger partial charge in [-0.15, -0.1) is 0 Å². The van der Waals surface area contributed by atoms with Crippen molar-refractivity contribution in [2.75, 3.05) is 0 Å². The Kier molecular flexibility index (Phi) is 7.98. The third kappa shape index (κ3) is 4.99. The van der Waals surface area contributed by atoms with E-state index in [-0.39, 0.29) is 69.3 Å². The highest BCUT2D eigenvalue weighted by molar-refractivity contribution is 5.95. The van der Waals surface area contributed by atoms with Crippen molar-refractivity contribution in [2.24, 2.45) is 57.2 Å². The summed E-state index contributed by atoms with van der Waals surface area (Å²) in [5.41, 5.74) is 1.99. The molecule has 4 saturated carbocycles. The molecule has 6 rings (SSSR count). The van der Waals surface area contributed by atoms with Gasteiger partial charge < -0.3 is 9.47 Å². The molecule has 0 saturated heterocycles. The highest BCUT2D eigenvalue weighted by atomic mass is 16.5. The maximum atomic E-state index is 14.5. The first-order valence-corrected chi connectivity index (χ1v) is 17.4. The molecule has 5 aliphatic rings. The Morgan fingerprint density at radius 2 is 1.52 bits per heavy atom. The first-order chi connectivity index (χ1) is 20.7. The first-order valence-electron chi connectivity index (χ1n) is 17.4. The lowest BCUT2D eigenvalue weighted by molar-refractivity contribution is -0.189. The molecular formula is C39H54O5. The average molecular weight is 603 g/mol. The summed E-state index contributed by atoms with van der Waals surface area (Å²) in [6.45, 7) is 15.8. The molecule has 0 aliphatic heterocycles. The number of carbonyl (C=O) groups is 3. The van der Waals surface area contributed by atoms with Crippen molar-refractivity contribution in [3.8, 4) is 0 Å². The molecule has 9 unspecified atom stereocenters. The summed E-state index contributed by atoms with van der Waals surface area (Å²) in [6.07, 6.45) is 10.6. The normalized spacial score (nSPS) is 40.9. The number of carbonyl (C=O) groups excluding carboxylic acids is 3. The molecule has 240 valence electrons. The Bertz CT molecular complexity index is 1330. The summed E-state index contributed by atoms with van der Waals surface area (Å²) in [7, 11) is 0. The van der Waals surface area contributed by atoms with Gasteiger partial charge in [0.2, 0.25) is 0 Å². The lowest BCUT2D eigenvalue weighted by Gasteiger charge is -2.67. The standard InChI is InChI=1S/C39H54O5/c1-24(2)44-35(42)29-15-19-39(7)32(36(29,3)4)16-20-38(6)28-14-18-37(5)17-13-26(21-30(37)27(28)22-31(40)33(38)39)34(41)43-23-25-11-9-8-10-12-25/h8-12,22,24,26,28-30,32-33H,13-21,23H2,1-7H3. The zero-order valence-corrected chi connectivity index (χ0v) is 28.1. The lowest BCUT2D eigenvalue weighted by atomic mass is 9.36. The van der Waals surface area contributed by atoms with E-state index in [2.05, 4.69) is 40.7 Å². The Morgan fingerprint density at radius 1 is 0.841 bits per heavy atom. The minimum Gasteiger partial charge on any atom is -0.463 e. The van der Waals surface area contributed by atoms with Gasteiger partial charge in [0.15, 0.2) is 5.78 Å². The predicted octanol–water partition coefficient (Wildman–Crippen LogP) is 8.50. The van der Waals surface area contributed by atoms with Crippen LogP contribution in [-0.2, 0) is 30.5 Å². The van der Waals surface area contributed by atoms with Crippen LogP contribution in [0, 0.1) is 57.2 Å². The van der Waals surface area contributed by atoms with Crippen molar-refractivity contribution in [3.63, 3.8) is 0 Å². The fourth-order valence-electron chi connectivity index (χ4n) is 11.6. The highest BCUT2D eigenvalue weighted by Crippen LogP contribution is 2.71. The van der Waals surface area contributed by atoms with E-state index < -0.39 is 0 Å². The first kappa shape index (κ1) is 31.5. The van der Waals surface area contributed by atoms with Crippen molar-refractivity contribution in [1.29, 1.82) is 0 Å². The second kappa shape index (κ2) is 11.1. The van der Waals surface area contributed by atoms with E-state index in [1.54, 1.807) is 0 Å². The summed E-state index contributed by atoms with van der Waals surface area (Å²) in [4.78, 5) is 41.1. The molecule has 1 aromatic rings. The van der Waals surface area contributed by atoms with Crippen molar-refractivity contribution < 1.29 is 23.9 Å². The minimum atomic E-state index is -0.230. The molecule has 0 bridgehead atoms. The quantitative estimate of drug-likeness (QED) is 0.316. The van der Waals surface area contributed by atoms with E-state index in [9.17, 15) is 14.4 Å². The fraction of sp³-hybridized carbons (Fsp3) is 0.718. The number of allylic oxidation sites excluding steroid dienone is 2. The van der Waals surface area contributed by atoms with Crippen molar-refractivity contribution in [3.05, 3.63) is 47.5 Å². The van der Waals surface area contributed by atoms with Gasteiger partial charge in [0.05, 0.1) is 17.9 Å². The van der Waals surface area contributed by atoms with E-state index in [0.29, 0.717) is 18.3 Å². The second-order valence-corrected chi connectivity index (χ2v) is 16.8. The van der Waals surface area contributed by atoms with Crippen LogP contribution >= 0.6 is 0 Å². The molecule has 0 heterocycles. The van der Waals surface area contributed by atoms with Crippen LogP contribution < -0.4 is 0 Å². The zero-order valence-electron chi connectivity index (χ0n) is 28.1. The Balaban J connectivity index is 1.26. The minimum absolute atomic E-state index is 0.0385. The van der Waals surface area contributed by atoms with Gasteiger partial charge in [0.25, 0.3) is 0 Å². The lowest BCUT2D eigenvalue weighted by Crippen LogP contribution is -2.63. The Morgan fingerprint density at radius 3 is 2.23 bits per heavy atom. The number of hydrogen-bond donors (Lipinski definition) is 0. The van der Waals surface area contributed by atoms with Crippen LogP contribution in [0.2, 0.25) is 0 Å². The SMILES string of the molecule is CC(C)OC(=O)C1CCC2(C)C(CCC3(C)C4CCC5(C)CCC(C(=O)OCc6ccccc6)CC5C4=CC(=O)C32)C1(C)C. The van der Waals surface area contributed by atoms with E-state index in [1.807, 2.05) is 44.2 Å². The maximum Gasteiger partial charge on any atom is 0.309 e. The molecule has 0 aromatic heterocycles. The Hall–Kier alpha value is -2.43. The summed E-state index contributed by atoms with van der Waals surface area (Å²) in [5.74, 6) is 0.747. The largest absolute Gasteiger partial charge is 0.463 e. The van der Waals surface area contributed by atoms with E-state index >= 15 is 0 Å². The predicted molar refractivity (Wildman–Crippen MR) is 171 cm³/mol. The van der Waals surface area contributed by atoms with Crippen LogP contribution in [0.4, 0.5) is 0 Å². The molecular weight excluding hydrogens is 548 g/mol. The molecule has 9 atom stereocenters. The number of fused-ring (bicyclic) bond motifs is 7. The zero-order chi connectivity index (χ0) is 31.7. The molecule has 1 aromatic carbocycles. The van der Waals surface area contributed by atoms with Crippen LogP contribution in [0.15, 0.2) is 42.0 Å². The van der Waals surface area contributed by atoms with Gasteiger partial charge in [-0.25, -0.2) is 0 Å². The van der Waals surface area contributed by atoms with E-state index in [1.165, 1.54) is 5.57 Å². The van der Waals surface area contributed by atoms with Crippen molar-refractivity contribution >= 4 is 17.7 Å². The third-order valence-electron chi connectivity index (χ3n) is 13.7. The molecule has 5 aliphatic carbocycles. The number of hydrogen-bond acceptors (Lipinski definition) is 5. The summed E-state index contributed by atoms with van der Waals surface area (Å²) < 4.78 is 11.6. The van der Waals surface area contributed by atoms with Crippen LogP contribution in [0.3, 0.4) is 0 Å². The molecule has 5 heteroatoms. The van der Waals surface area contributed by atoms with Crippen molar-refractivity contribution in [2.45, 2.75) is 119 Å². The van der Waals surface area contributed by atoms with E-state index in [4.69, 9.17) is 9.47 Å². The highest BCUT2D eigenvalue weighted by Gasteiger charge is 2.67. The molecule has 0 N–H and O–H groups in total. The van der Waals surface area contributed by atoms with Gasteiger partial charge in [-0.05, 0) is 123 Å². The molecule has 5 nitrogen and oxygen atoms in total. The van der Waals surface area contributed by atoms with Gasteiger partial charge in [-0.2, -0.15) is 0 Å². The van der Waals surface area contributed by atoms with Crippen molar-refractivity contribution in [1.82, 2.24) is 0 Å². The van der Waals surface area contributed by atoms with Gasteiger partial charge in [0.1, 0.15) is 6.61 Å². The van der Waals surface area contributed by atoms with Crippen LogP contribution in [-0.4, -0.2) is 23.8 Å². The van der Waals surface area contributed by atoms with Gasteiger partial charge in [-0.3, -0.25) is 14.4 Å². The third-order valence-corrected chi connectivity index (χ3v) is 13.7. The smallest absolute Gasteiger partial charge is 0.309 e. The summed E-state index contributed by atoms with van der Waals surface area (Å²) >= 11 is 0. The Labute approximate surface area is 264 Å². The molecule has 0 amide bonds. The topological polar surface area (TPSA) is 69.7 Å². The van der Waals surface area contributed by atoms with E-state index in [0.717, 1.165) is 63.4 Å².